The van der Waals surface area contributed by atoms with Crippen molar-refractivity contribution in [1.29, 1.82) is 0 Å². The first-order chi connectivity index (χ1) is 3.83. The van der Waals surface area contributed by atoms with E-state index in [4.69, 9.17) is 14.4 Å². The average Bonchev–Trinajstić information content (AvgIpc) is 1.75. The number of hydrogen-bond acceptors (Lipinski definition) is 4. The second kappa shape index (κ2) is 123. The van der Waals surface area contributed by atoms with Gasteiger partial charge in [0.25, 0.3) is 0 Å². The summed E-state index contributed by atoms with van der Waals surface area (Å²) in [6.45, 7) is 6.25. The third kappa shape index (κ3) is 6010. The van der Waals surface area contributed by atoms with Gasteiger partial charge in [0.2, 0.25) is 0 Å². The van der Waals surface area contributed by atoms with E-state index in [9.17, 15) is 0 Å². The zero-order valence-electron chi connectivity index (χ0n) is 6.20. The SMILES string of the molecule is C=O.CCC.N.O=C=O.[Ar]. The number of hydrogen-bond donors (Lipinski definition) is 1. The fourth-order valence-electron chi connectivity index (χ4n) is 0. The Hall–Kier alpha value is 0.270. The van der Waals surface area contributed by atoms with Crippen LogP contribution in [0.4, 0.5) is 0 Å². The molecule has 0 unspecified atom stereocenters. The third-order valence-electron chi connectivity index (χ3n) is 0. The summed E-state index contributed by atoms with van der Waals surface area (Å²) in [7, 11) is 0. The van der Waals surface area contributed by atoms with Gasteiger partial charge < -0.3 is 10.9 Å². The molecule has 0 aromatic rings. The zero-order chi connectivity index (χ0) is 7.41. The molecular formula is C5H13ArNO3. The molecule has 0 spiro atoms. The van der Waals surface area contributed by atoms with Crippen LogP contribution in [-0.4, -0.2) is 12.9 Å². The van der Waals surface area contributed by atoms with Crippen molar-refractivity contribution in [2.24, 2.45) is 0 Å². The monoisotopic (exact) mass is 175 g/mol. The van der Waals surface area contributed by atoms with Crippen LogP contribution in [0.2, 0.25) is 0 Å². The molecule has 3 N–H and O–H groups in total. The maximum absolute atomic E-state index is 8.12. The molecule has 0 aliphatic rings. The molecule has 10 heavy (non-hydrogen) atoms. The molecule has 0 saturated carbocycles. The molecule has 0 aromatic carbocycles. The first-order valence-electron chi connectivity index (χ1n) is 2.11. The second-order valence-corrected chi connectivity index (χ2v) is 0.790. The van der Waals surface area contributed by atoms with Gasteiger partial charge in [-0.05, 0) is 0 Å². The molecule has 0 atom stereocenters. The predicted molar refractivity (Wildman–Crippen MR) is 33.1 cm³/mol. The van der Waals surface area contributed by atoms with Gasteiger partial charge in [0.1, 0.15) is 6.79 Å². The van der Waals surface area contributed by atoms with E-state index in [-0.39, 0.29) is 50.0 Å². The quantitative estimate of drug-likeness (QED) is 0.590. The van der Waals surface area contributed by atoms with Crippen LogP contribution in [0.15, 0.2) is 0 Å². The molecule has 0 rings (SSSR count). The van der Waals surface area contributed by atoms with Crippen LogP contribution in [0, 0.1) is 37.7 Å². The number of carbonyl (C=O) groups is 1. The molecule has 0 bridgehead atoms. The Morgan fingerprint density at radius 1 is 1.20 bits per heavy atom. The van der Waals surface area contributed by atoms with Crippen molar-refractivity contribution in [3.05, 3.63) is 0 Å². The summed E-state index contributed by atoms with van der Waals surface area (Å²) in [5, 5.41) is 0. The number of rotatable bonds is 0. The molecule has 0 aromatic heterocycles. The van der Waals surface area contributed by atoms with Crippen LogP contribution in [0.25, 0.3) is 0 Å². The molecule has 0 saturated heterocycles. The third-order valence-corrected chi connectivity index (χ3v) is 0. The standard InChI is InChI=1S/C3H8.CO2.CH2O.Ar.H3N/c1-3-2;2-1-3;1-2;;/h3H2,1-2H3;;1H2;;1H3. The molecule has 0 radical (unpaired) electrons. The van der Waals surface area contributed by atoms with Crippen LogP contribution in [-0.2, 0) is 14.4 Å². The van der Waals surface area contributed by atoms with Crippen molar-refractivity contribution in [2.75, 3.05) is 0 Å². The van der Waals surface area contributed by atoms with E-state index < -0.39 is 0 Å². The predicted octanol–water partition coefficient (Wildman–Crippen LogP) is 0.810. The summed E-state index contributed by atoms with van der Waals surface area (Å²) >= 11 is 0. The summed E-state index contributed by atoms with van der Waals surface area (Å²) in [5.41, 5.74) is 0. The first-order valence-corrected chi connectivity index (χ1v) is 2.11. The summed E-state index contributed by atoms with van der Waals surface area (Å²) in [4.78, 5) is 24.2. The van der Waals surface area contributed by atoms with Crippen LogP contribution < -0.4 is 6.15 Å². The van der Waals surface area contributed by atoms with Gasteiger partial charge in [0.15, 0.2) is 0 Å². The summed E-state index contributed by atoms with van der Waals surface area (Å²) in [6, 6.07) is 0. The van der Waals surface area contributed by atoms with Crippen LogP contribution in [0.5, 0.6) is 0 Å². The largest absolute Gasteiger partial charge is 0.373 e. The maximum atomic E-state index is 8.12. The second-order valence-electron chi connectivity index (χ2n) is 0.790. The molecule has 0 heterocycles. The zero-order valence-corrected chi connectivity index (χ0v) is 6.91. The topological polar surface area (TPSA) is 86.2 Å². The van der Waals surface area contributed by atoms with E-state index in [1.54, 1.807) is 0 Å². The first kappa shape index (κ1) is 31.8. The fourth-order valence-corrected chi connectivity index (χ4v) is 0. The minimum atomic E-state index is 0. The van der Waals surface area contributed by atoms with Gasteiger partial charge >= 0.3 is 6.15 Å². The molecule has 4 nitrogen and oxygen atoms in total. The van der Waals surface area contributed by atoms with Gasteiger partial charge in [-0.2, -0.15) is 9.59 Å². The van der Waals surface area contributed by atoms with E-state index in [1.165, 1.54) is 6.42 Å². The Morgan fingerprint density at radius 3 is 1.20 bits per heavy atom. The van der Waals surface area contributed by atoms with E-state index in [1.807, 2.05) is 6.79 Å². The van der Waals surface area contributed by atoms with Gasteiger partial charge in [-0.1, -0.05) is 20.3 Å². The Morgan fingerprint density at radius 2 is 1.20 bits per heavy atom. The molecule has 64 valence electrons. The summed E-state index contributed by atoms with van der Waals surface area (Å²) in [6.07, 6.45) is 1.50. The van der Waals surface area contributed by atoms with Crippen molar-refractivity contribution < 1.29 is 52.1 Å². The molecule has 5 heteroatoms. The maximum Gasteiger partial charge on any atom is 0.373 e. The Kier molecular flexibility index (Phi) is 391. The van der Waals surface area contributed by atoms with Crippen molar-refractivity contribution in [3.63, 3.8) is 0 Å². The van der Waals surface area contributed by atoms with Crippen molar-refractivity contribution in [1.82, 2.24) is 6.15 Å². The normalized spacial score (nSPS) is 3.00. The molecule has 0 amide bonds. The van der Waals surface area contributed by atoms with Crippen LogP contribution >= 0.6 is 0 Å². The summed E-state index contributed by atoms with van der Waals surface area (Å²) in [5.74, 6) is 0. The Labute approximate surface area is 90.9 Å². The van der Waals surface area contributed by atoms with Crippen molar-refractivity contribution in [3.8, 4) is 0 Å². The van der Waals surface area contributed by atoms with Crippen LogP contribution in [0.3, 0.4) is 0 Å². The van der Waals surface area contributed by atoms with Gasteiger partial charge in [-0.3, -0.25) is 0 Å². The minimum absolute atomic E-state index is 0. The van der Waals surface area contributed by atoms with Crippen molar-refractivity contribution >= 4 is 12.9 Å². The fraction of sp³-hybridized carbons (Fsp3) is 0.600. The van der Waals surface area contributed by atoms with E-state index in [0.29, 0.717) is 0 Å². The molecule has 0 aliphatic carbocycles. The Balaban J connectivity index is -0.0000000116. The van der Waals surface area contributed by atoms with E-state index in [0.717, 1.165) is 0 Å². The number of carbonyl (C=O) groups excluding carboxylic acids is 3. The van der Waals surface area contributed by atoms with Crippen LogP contribution in [0.1, 0.15) is 20.3 Å². The Bertz CT molecular complexity index is 54.9. The minimum Gasteiger partial charge on any atom is -0.344 e. The smallest absolute Gasteiger partial charge is 0.344 e. The average molecular weight is 175 g/mol. The van der Waals surface area contributed by atoms with E-state index in [2.05, 4.69) is 13.8 Å². The van der Waals surface area contributed by atoms with Gasteiger partial charge in [0.05, 0.1) is 0 Å². The van der Waals surface area contributed by atoms with Gasteiger partial charge in [-0.25, -0.2) is 0 Å². The van der Waals surface area contributed by atoms with Gasteiger partial charge in [0, 0.05) is 37.7 Å². The molecular weight excluding hydrogens is 162 g/mol. The molecule has 0 aliphatic heterocycles. The molecule has 0 fully saturated rings. The summed E-state index contributed by atoms with van der Waals surface area (Å²) < 4.78 is 0. The van der Waals surface area contributed by atoms with E-state index >= 15 is 0 Å². The van der Waals surface area contributed by atoms with Crippen molar-refractivity contribution in [2.45, 2.75) is 20.3 Å². The van der Waals surface area contributed by atoms with Gasteiger partial charge in [-0.15, -0.1) is 0 Å².